The van der Waals surface area contributed by atoms with Gasteiger partial charge < -0.3 is 14.2 Å². The van der Waals surface area contributed by atoms with Crippen molar-refractivity contribution in [3.63, 3.8) is 0 Å². The Kier molecular flexibility index (Phi) is 5.40. The number of ether oxygens (including phenoxy) is 3. The maximum Gasteiger partial charge on any atom is 0.314 e. The van der Waals surface area contributed by atoms with E-state index in [4.69, 9.17) is 14.2 Å². The summed E-state index contributed by atoms with van der Waals surface area (Å²) in [7, 11) is 0. The van der Waals surface area contributed by atoms with E-state index in [2.05, 4.69) is 41.5 Å². The summed E-state index contributed by atoms with van der Waals surface area (Å²) >= 11 is 0. The number of carbonyl (C=O) groups excluding carboxylic acids is 2. The van der Waals surface area contributed by atoms with E-state index in [0.29, 0.717) is 12.3 Å². The van der Waals surface area contributed by atoms with Crippen molar-refractivity contribution in [2.75, 3.05) is 6.79 Å². The van der Waals surface area contributed by atoms with Crippen LogP contribution in [0.5, 0.6) is 0 Å². The third-order valence-electron chi connectivity index (χ3n) is 7.25. The van der Waals surface area contributed by atoms with Crippen LogP contribution in [0.25, 0.3) is 0 Å². The summed E-state index contributed by atoms with van der Waals surface area (Å²) in [6, 6.07) is 0. The summed E-state index contributed by atoms with van der Waals surface area (Å²) in [4.78, 5) is 25.3. The minimum atomic E-state index is -0.605. The first-order valence-electron chi connectivity index (χ1n) is 10.7. The van der Waals surface area contributed by atoms with Gasteiger partial charge in [0, 0.05) is 6.42 Å². The predicted molar refractivity (Wildman–Crippen MR) is 106 cm³/mol. The molecule has 4 bridgehead atoms. The zero-order chi connectivity index (χ0) is 21.0. The zero-order valence-corrected chi connectivity index (χ0v) is 18.7. The Morgan fingerprint density at radius 1 is 1.07 bits per heavy atom. The first kappa shape index (κ1) is 21.6. The largest absolute Gasteiger partial charge is 0.462 e. The quantitative estimate of drug-likeness (QED) is 0.492. The van der Waals surface area contributed by atoms with E-state index in [1.54, 1.807) is 0 Å². The van der Waals surface area contributed by atoms with Gasteiger partial charge in [-0.05, 0) is 55.8 Å². The molecule has 160 valence electrons. The summed E-state index contributed by atoms with van der Waals surface area (Å²) < 4.78 is 17.5. The second-order valence-corrected chi connectivity index (χ2v) is 11.9. The predicted octanol–water partition coefficient (Wildman–Crippen LogP) is 4.87. The molecule has 5 nitrogen and oxygen atoms in total. The summed E-state index contributed by atoms with van der Waals surface area (Å²) in [5, 5.41) is 0. The molecule has 2 saturated carbocycles. The maximum absolute atomic E-state index is 13.1. The molecule has 5 atom stereocenters. The highest BCUT2D eigenvalue weighted by atomic mass is 16.7. The molecule has 4 rings (SSSR count). The minimum Gasteiger partial charge on any atom is -0.462 e. The fourth-order valence-corrected chi connectivity index (χ4v) is 5.62. The summed E-state index contributed by atoms with van der Waals surface area (Å²) in [5.74, 6) is 0.132. The Morgan fingerprint density at radius 2 is 1.75 bits per heavy atom. The van der Waals surface area contributed by atoms with Gasteiger partial charge >= 0.3 is 11.9 Å². The van der Waals surface area contributed by atoms with E-state index >= 15 is 0 Å². The average molecular weight is 395 g/mol. The topological polar surface area (TPSA) is 61.8 Å². The Balaban J connectivity index is 1.65. The third-order valence-corrected chi connectivity index (χ3v) is 7.25. The lowest BCUT2D eigenvalue weighted by Crippen LogP contribution is -2.48. The van der Waals surface area contributed by atoms with Gasteiger partial charge in [-0.2, -0.15) is 0 Å². The molecule has 0 amide bonds. The van der Waals surface area contributed by atoms with Gasteiger partial charge in [-0.1, -0.05) is 41.5 Å². The molecule has 2 heterocycles. The lowest BCUT2D eigenvalue weighted by Gasteiger charge is -2.46. The first-order valence-corrected chi connectivity index (χ1v) is 10.7. The van der Waals surface area contributed by atoms with Gasteiger partial charge in [0.05, 0.1) is 16.9 Å². The van der Waals surface area contributed by atoms with Crippen LogP contribution < -0.4 is 0 Å². The molecule has 0 aromatic rings. The van der Waals surface area contributed by atoms with Crippen molar-refractivity contribution in [1.29, 1.82) is 0 Å². The maximum atomic E-state index is 13.1. The molecule has 4 fully saturated rings. The van der Waals surface area contributed by atoms with Gasteiger partial charge in [-0.25, -0.2) is 0 Å². The van der Waals surface area contributed by atoms with Gasteiger partial charge in [-0.3, -0.25) is 9.59 Å². The number of carbonyl (C=O) groups is 2. The minimum absolute atomic E-state index is 0.0114. The molecule has 28 heavy (non-hydrogen) atoms. The van der Waals surface area contributed by atoms with Crippen LogP contribution in [-0.2, 0) is 23.8 Å². The van der Waals surface area contributed by atoms with Crippen molar-refractivity contribution < 1.29 is 23.8 Å². The molecular formula is C23H38O5. The number of rotatable bonds is 5. The van der Waals surface area contributed by atoms with E-state index in [9.17, 15) is 9.59 Å². The average Bonchev–Trinajstić information content (AvgIpc) is 2.66. The molecule has 0 radical (unpaired) electrons. The van der Waals surface area contributed by atoms with E-state index in [0.717, 1.165) is 32.1 Å². The van der Waals surface area contributed by atoms with Crippen molar-refractivity contribution in [1.82, 2.24) is 0 Å². The smallest absolute Gasteiger partial charge is 0.314 e. The van der Waals surface area contributed by atoms with Crippen LogP contribution in [0.4, 0.5) is 0 Å². The number of esters is 2. The molecule has 0 spiro atoms. The van der Waals surface area contributed by atoms with E-state index in [1.807, 2.05) is 6.92 Å². The van der Waals surface area contributed by atoms with Crippen LogP contribution >= 0.6 is 0 Å². The van der Waals surface area contributed by atoms with Gasteiger partial charge in [0.2, 0.25) is 0 Å². The molecule has 2 saturated heterocycles. The first-order chi connectivity index (χ1) is 12.7. The van der Waals surface area contributed by atoms with Gasteiger partial charge in [0.25, 0.3) is 0 Å². The molecule has 4 aliphatic rings. The molecular weight excluding hydrogens is 356 g/mol. The number of fused-ring (bicyclic) bond motifs is 1. The summed E-state index contributed by atoms with van der Waals surface area (Å²) in [6.45, 7) is 14.7. The van der Waals surface area contributed by atoms with Crippen molar-refractivity contribution in [2.45, 2.75) is 98.7 Å². The van der Waals surface area contributed by atoms with Crippen LogP contribution in [-0.4, -0.2) is 30.4 Å². The van der Waals surface area contributed by atoms with Gasteiger partial charge in [0.15, 0.2) is 6.79 Å². The highest BCUT2D eigenvalue weighted by Crippen LogP contribution is 2.51. The normalized spacial score (nSPS) is 34.5. The highest BCUT2D eigenvalue weighted by Gasteiger charge is 2.54. The van der Waals surface area contributed by atoms with Crippen LogP contribution in [0.15, 0.2) is 0 Å². The fraction of sp³-hybridized carbons (Fsp3) is 0.913. The molecule has 0 aromatic carbocycles. The number of hydrogen-bond acceptors (Lipinski definition) is 5. The van der Waals surface area contributed by atoms with Gasteiger partial charge in [0.1, 0.15) is 6.10 Å². The van der Waals surface area contributed by atoms with Crippen molar-refractivity contribution in [3.05, 3.63) is 0 Å². The molecule has 5 heteroatoms. The molecule has 2 aliphatic heterocycles. The number of hydrogen-bond donors (Lipinski definition) is 0. The second kappa shape index (κ2) is 7.00. The van der Waals surface area contributed by atoms with E-state index in [-0.39, 0.29) is 47.2 Å². The zero-order valence-electron chi connectivity index (χ0n) is 18.7. The van der Waals surface area contributed by atoms with Crippen LogP contribution in [0.1, 0.15) is 87.0 Å². The Morgan fingerprint density at radius 3 is 2.36 bits per heavy atom. The van der Waals surface area contributed by atoms with Crippen molar-refractivity contribution >= 4 is 11.9 Å². The van der Waals surface area contributed by atoms with Gasteiger partial charge in [-0.15, -0.1) is 0 Å². The van der Waals surface area contributed by atoms with Crippen LogP contribution in [0.2, 0.25) is 0 Å². The molecule has 0 aromatic heterocycles. The summed E-state index contributed by atoms with van der Waals surface area (Å²) in [5.41, 5.74) is -1.20. The Hall–Kier alpha value is -1.10. The van der Waals surface area contributed by atoms with E-state index in [1.165, 1.54) is 0 Å². The Bertz CT molecular complexity index is 628. The lowest BCUT2D eigenvalue weighted by molar-refractivity contribution is -0.205. The second-order valence-electron chi connectivity index (χ2n) is 11.9. The standard InChI is InChI=1S/C23H38O5/c1-20(2,3)13-22(7,21(4,5)6)19(25)26-14-27-23-10-15-8-16(11-23)18(24)28-17(9-15)12-23/h15-17H,8-14H2,1-7H3. The fourth-order valence-electron chi connectivity index (χ4n) is 5.62. The van der Waals surface area contributed by atoms with Crippen LogP contribution in [0, 0.1) is 28.1 Å². The monoisotopic (exact) mass is 394 g/mol. The molecule has 5 unspecified atom stereocenters. The van der Waals surface area contributed by atoms with Crippen molar-refractivity contribution in [2.24, 2.45) is 28.1 Å². The lowest BCUT2D eigenvalue weighted by atomic mass is 9.61. The Labute approximate surface area is 169 Å². The highest BCUT2D eigenvalue weighted by molar-refractivity contribution is 5.77. The summed E-state index contributed by atoms with van der Waals surface area (Å²) in [6.07, 6.45) is 4.90. The van der Waals surface area contributed by atoms with Crippen LogP contribution in [0.3, 0.4) is 0 Å². The molecule has 0 N–H and O–H groups in total. The SMILES string of the molecule is CC(C)(C)CC(C)(C(=O)OCOC12CC3CC(C1)OC(=O)C(C3)C2)C(C)(C)C. The van der Waals surface area contributed by atoms with E-state index < -0.39 is 5.41 Å². The van der Waals surface area contributed by atoms with Crippen molar-refractivity contribution in [3.8, 4) is 0 Å². The molecule has 2 aliphatic carbocycles. The third kappa shape index (κ3) is 4.24.